The van der Waals surface area contributed by atoms with E-state index in [1.165, 1.54) is 0 Å². The van der Waals surface area contributed by atoms with Gasteiger partial charge in [0.1, 0.15) is 0 Å². The Morgan fingerprint density at radius 1 is 1.43 bits per heavy atom. The molecular weight excluding hydrogens is 288 g/mol. The van der Waals surface area contributed by atoms with E-state index in [2.05, 4.69) is 5.32 Å². The summed E-state index contributed by atoms with van der Waals surface area (Å²) in [5.41, 5.74) is 1.02. The summed E-state index contributed by atoms with van der Waals surface area (Å²) in [5.74, 6) is 0.174. The van der Waals surface area contributed by atoms with Gasteiger partial charge in [-0.1, -0.05) is 29.8 Å². The van der Waals surface area contributed by atoms with Crippen molar-refractivity contribution in [3.05, 3.63) is 34.9 Å². The molecule has 2 heterocycles. The third-order valence-electron chi connectivity index (χ3n) is 4.25. The van der Waals surface area contributed by atoms with Gasteiger partial charge in [-0.15, -0.1) is 0 Å². The Morgan fingerprint density at radius 2 is 2.29 bits per heavy atom. The number of halogens is 1. The normalized spacial score (nSPS) is 26.0. The summed E-state index contributed by atoms with van der Waals surface area (Å²) in [6, 6.07) is 7.79. The minimum Gasteiger partial charge on any atom is -0.378 e. The molecule has 1 aromatic rings. The first-order valence-electron chi connectivity index (χ1n) is 7.62. The molecule has 21 heavy (non-hydrogen) atoms. The van der Waals surface area contributed by atoms with Gasteiger partial charge in [-0.3, -0.25) is 4.79 Å². The summed E-state index contributed by atoms with van der Waals surface area (Å²) < 4.78 is 5.59. The fourth-order valence-electron chi connectivity index (χ4n) is 3.14. The molecule has 1 aromatic carbocycles. The standard InChI is InChI=1S/C16H21ClN2O2/c17-14-6-2-1-5-13(14)15-11-18-7-8-19(15)16(20)10-12-4-3-9-21-12/h1-2,5-6,12,15,18H,3-4,7-11H2. The molecule has 1 amide bonds. The van der Waals surface area contributed by atoms with E-state index in [4.69, 9.17) is 16.3 Å². The number of nitrogens with one attached hydrogen (secondary N) is 1. The number of ether oxygens (including phenoxy) is 1. The van der Waals surface area contributed by atoms with Crippen molar-refractivity contribution in [2.24, 2.45) is 0 Å². The lowest BCUT2D eigenvalue weighted by Gasteiger charge is -2.37. The van der Waals surface area contributed by atoms with E-state index >= 15 is 0 Å². The highest BCUT2D eigenvalue weighted by Crippen LogP contribution is 2.29. The van der Waals surface area contributed by atoms with Gasteiger partial charge < -0.3 is 15.0 Å². The SMILES string of the molecule is O=C(CC1CCCO1)N1CCNCC1c1ccccc1Cl. The summed E-state index contributed by atoms with van der Waals surface area (Å²) in [6.45, 7) is 3.09. The highest BCUT2D eigenvalue weighted by atomic mass is 35.5. The van der Waals surface area contributed by atoms with Crippen LogP contribution in [0.1, 0.15) is 30.9 Å². The number of piperazine rings is 1. The van der Waals surface area contributed by atoms with E-state index in [0.29, 0.717) is 6.42 Å². The lowest BCUT2D eigenvalue weighted by Crippen LogP contribution is -2.49. The van der Waals surface area contributed by atoms with Crippen LogP contribution in [-0.4, -0.2) is 43.2 Å². The van der Waals surface area contributed by atoms with Gasteiger partial charge in [0.15, 0.2) is 0 Å². The van der Waals surface area contributed by atoms with Crippen LogP contribution in [0.4, 0.5) is 0 Å². The largest absolute Gasteiger partial charge is 0.378 e. The zero-order valence-corrected chi connectivity index (χ0v) is 12.8. The van der Waals surface area contributed by atoms with Crippen LogP contribution in [-0.2, 0) is 9.53 Å². The molecular formula is C16H21ClN2O2. The van der Waals surface area contributed by atoms with E-state index in [1.807, 2.05) is 29.2 Å². The van der Waals surface area contributed by atoms with Crippen molar-refractivity contribution < 1.29 is 9.53 Å². The number of carbonyl (C=O) groups is 1. The summed E-state index contributed by atoms with van der Waals surface area (Å²) in [5, 5.41) is 4.08. The molecule has 0 radical (unpaired) electrons. The molecule has 0 aromatic heterocycles. The van der Waals surface area contributed by atoms with Crippen molar-refractivity contribution in [3.63, 3.8) is 0 Å². The number of carbonyl (C=O) groups excluding carboxylic acids is 1. The molecule has 2 aliphatic rings. The Labute approximate surface area is 130 Å². The fraction of sp³-hybridized carbons (Fsp3) is 0.562. The molecule has 114 valence electrons. The van der Waals surface area contributed by atoms with Crippen molar-refractivity contribution in [1.29, 1.82) is 0 Å². The number of hydrogen-bond acceptors (Lipinski definition) is 3. The average molecular weight is 309 g/mol. The summed E-state index contributed by atoms with van der Waals surface area (Å²) in [7, 11) is 0. The molecule has 4 nitrogen and oxygen atoms in total. The fourth-order valence-corrected chi connectivity index (χ4v) is 3.41. The monoisotopic (exact) mass is 308 g/mol. The molecule has 2 saturated heterocycles. The quantitative estimate of drug-likeness (QED) is 0.932. The molecule has 2 unspecified atom stereocenters. The second-order valence-corrected chi connectivity index (χ2v) is 6.07. The maximum Gasteiger partial charge on any atom is 0.225 e. The first-order chi connectivity index (χ1) is 10.3. The first kappa shape index (κ1) is 14.8. The topological polar surface area (TPSA) is 41.6 Å². The molecule has 3 rings (SSSR count). The van der Waals surface area contributed by atoms with E-state index in [1.54, 1.807) is 0 Å². The van der Waals surface area contributed by atoms with Gasteiger partial charge in [0.2, 0.25) is 5.91 Å². The second kappa shape index (κ2) is 6.77. The molecule has 1 N–H and O–H groups in total. The van der Waals surface area contributed by atoms with Crippen LogP contribution in [0.2, 0.25) is 5.02 Å². The van der Waals surface area contributed by atoms with Crippen LogP contribution in [0.25, 0.3) is 0 Å². The van der Waals surface area contributed by atoms with Gasteiger partial charge >= 0.3 is 0 Å². The Bertz CT molecular complexity index is 503. The average Bonchev–Trinajstić information content (AvgIpc) is 3.01. The second-order valence-electron chi connectivity index (χ2n) is 5.67. The summed E-state index contributed by atoms with van der Waals surface area (Å²) in [6.07, 6.45) is 2.64. The smallest absolute Gasteiger partial charge is 0.225 e. The van der Waals surface area contributed by atoms with Crippen LogP contribution < -0.4 is 5.32 Å². The van der Waals surface area contributed by atoms with Gasteiger partial charge in [0.25, 0.3) is 0 Å². The van der Waals surface area contributed by atoms with Gasteiger partial charge in [-0.05, 0) is 24.5 Å². The van der Waals surface area contributed by atoms with Crippen LogP contribution in [0.3, 0.4) is 0 Å². The highest BCUT2D eigenvalue weighted by molar-refractivity contribution is 6.31. The molecule has 2 aliphatic heterocycles. The van der Waals surface area contributed by atoms with Crippen molar-refractivity contribution in [2.45, 2.75) is 31.4 Å². The van der Waals surface area contributed by atoms with Gasteiger partial charge in [0, 0.05) is 31.3 Å². The molecule has 5 heteroatoms. The Hall–Kier alpha value is -1.10. The number of benzene rings is 1. The first-order valence-corrected chi connectivity index (χ1v) is 7.99. The molecule has 0 bridgehead atoms. The van der Waals surface area contributed by atoms with Crippen LogP contribution in [0.15, 0.2) is 24.3 Å². The van der Waals surface area contributed by atoms with Gasteiger partial charge in [-0.25, -0.2) is 0 Å². The van der Waals surface area contributed by atoms with E-state index in [0.717, 1.165) is 49.7 Å². The highest BCUT2D eigenvalue weighted by Gasteiger charge is 2.31. The lowest BCUT2D eigenvalue weighted by molar-refractivity contribution is -0.136. The number of hydrogen-bond donors (Lipinski definition) is 1. The van der Waals surface area contributed by atoms with Crippen molar-refractivity contribution in [1.82, 2.24) is 10.2 Å². The van der Waals surface area contributed by atoms with Gasteiger partial charge in [0.05, 0.1) is 18.6 Å². The van der Waals surface area contributed by atoms with E-state index in [9.17, 15) is 4.79 Å². The van der Waals surface area contributed by atoms with E-state index < -0.39 is 0 Å². The third kappa shape index (κ3) is 3.39. The molecule has 0 aliphatic carbocycles. The van der Waals surface area contributed by atoms with Crippen molar-refractivity contribution in [2.75, 3.05) is 26.2 Å². The van der Waals surface area contributed by atoms with Crippen LogP contribution in [0.5, 0.6) is 0 Å². The summed E-state index contributed by atoms with van der Waals surface area (Å²) in [4.78, 5) is 14.6. The maximum absolute atomic E-state index is 12.6. The van der Waals surface area contributed by atoms with E-state index in [-0.39, 0.29) is 18.1 Å². The number of nitrogens with zero attached hydrogens (tertiary/aromatic N) is 1. The van der Waals surface area contributed by atoms with Crippen LogP contribution in [0, 0.1) is 0 Å². The number of amides is 1. The Balaban J connectivity index is 1.74. The van der Waals surface area contributed by atoms with Crippen molar-refractivity contribution >= 4 is 17.5 Å². The van der Waals surface area contributed by atoms with Crippen LogP contribution >= 0.6 is 11.6 Å². The lowest BCUT2D eigenvalue weighted by atomic mass is 10.0. The molecule has 0 spiro atoms. The predicted octanol–water partition coefficient (Wildman–Crippen LogP) is 2.38. The number of rotatable bonds is 3. The van der Waals surface area contributed by atoms with Gasteiger partial charge in [-0.2, -0.15) is 0 Å². The van der Waals surface area contributed by atoms with Crippen molar-refractivity contribution in [3.8, 4) is 0 Å². The maximum atomic E-state index is 12.6. The molecule has 2 fully saturated rings. The third-order valence-corrected chi connectivity index (χ3v) is 4.60. The zero-order valence-electron chi connectivity index (χ0n) is 12.1. The molecule has 0 saturated carbocycles. The molecule has 2 atom stereocenters. The zero-order chi connectivity index (χ0) is 14.7. The summed E-state index contributed by atoms with van der Waals surface area (Å²) >= 11 is 6.31. The predicted molar refractivity (Wildman–Crippen MR) is 82.4 cm³/mol. The Morgan fingerprint density at radius 3 is 3.05 bits per heavy atom. The minimum atomic E-state index is 0.0151. The minimum absolute atomic E-state index is 0.0151. The Kier molecular flexibility index (Phi) is 4.78.